The molecular weight excluding hydrogens is 355 g/mol. The summed E-state index contributed by atoms with van der Waals surface area (Å²) in [5.74, 6) is -0.497. The van der Waals surface area contributed by atoms with E-state index in [9.17, 15) is 9.18 Å². The van der Waals surface area contributed by atoms with Crippen LogP contribution in [0.3, 0.4) is 0 Å². The van der Waals surface area contributed by atoms with E-state index in [1.807, 2.05) is 37.3 Å². The second-order valence-corrected chi connectivity index (χ2v) is 6.49. The molecule has 0 radical (unpaired) electrons. The lowest BCUT2D eigenvalue weighted by Gasteiger charge is -2.13. The highest BCUT2D eigenvalue weighted by atomic mass is 35.5. The Morgan fingerprint density at radius 1 is 1.23 bits per heavy atom. The van der Waals surface area contributed by atoms with Gasteiger partial charge in [0.2, 0.25) is 0 Å². The summed E-state index contributed by atoms with van der Waals surface area (Å²) < 4.78 is 19.4. The quantitative estimate of drug-likeness (QED) is 0.687. The van der Waals surface area contributed by atoms with Crippen molar-refractivity contribution in [1.29, 1.82) is 0 Å². The van der Waals surface area contributed by atoms with Crippen LogP contribution in [0.1, 0.15) is 34.5 Å². The molecule has 1 amide bonds. The van der Waals surface area contributed by atoms with Crippen molar-refractivity contribution in [2.24, 2.45) is 0 Å². The molecular formula is C20H18ClFN2O2. The number of rotatable bonds is 5. The lowest BCUT2D eigenvalue weighted by Crippen LogP contribution is -2.28. The molecule has 2 aromatic carbocycles. The standard InChI is InChI=1S/C20H18ClFN2O2/c1-12(14-7-4-3-5-8-14)11-23-20(25)17-13(2)26-24-19(17)18-15(21)9-6-10-16(18)22/h3-10,12H,11H2,1-2H3,(H,23,25)/t12-/m1/s1. The van der Waals surface area contributed by atoms with Crippen LogP contribution in [0, 0.1) is 12.7 Å². The number of aryl methyl sites for hydroxylation is 1. The zero-order valence-electron chi connectivity index (χ0n) is 14.4. The zero-order chi connectivity index (χ0) is 18.7. The maximum atomic E-state index is 14.2. The Morgan fingerprint density at radius 3 is 2.65 bits per heavy atom. The Kier molecular flexibility index (Phi) is 5.38. The number of hydrogen-bond donors (Lipinski definition) is 1. The van der Waals surface area contributed by atoms with Gasteiger partial charge in [0.05, 0.1) is 10.6 Å². The summed E-state index contributed by atoms with van der Waals surface area (Å²) in [5, 5.41) is 6.89. The number of halogens is 2. The Morgan fingerprint density at radius 2 is 1.96 bits per heavy atom. The number of aromatic nitrogens is 1. The fourth-order valence-corrected chi connectivity index (χ4v) is 3.02. The van der Waals surface area contributed by atoms with Gasteiger partial charge in [-0.05, 0) is 30.5 Å². The van der Waals surface area contributed by atoms with Gasteiger partial charge in [0.1, 0.15) is 22.8 Å². The van der Waals surface area contributed by atoms with E-state index < -0.39 is 5.82 Å². The molecule has 0 aliphatic rings. The van der Waals surface area contributed by atoms with Crippen LogP contribution >= 0.6 is 11.6 Å². The lowest BCUT2D eigenvalue weighted by atomic mass is 10.0. The SMILES string of the molecule is Cc1onc(-c2c(F)cccc2Cl)c1C(=O)NC[C@@H](C)c1ccccc1. The van der Waals surface area contributed by atoms with E-state index in [4.69, 9.17) is 16.1 Å². The van der Waals surface area contributed by atoms with Crippen LogP contribution in [-0.2, 0) is 0 Å². The van der Waals surface area contributed by atoms with Gasteiger partial charge in [-0.2, -0.15) is 0 Å². The van der Waals surface area contributed by atoms with Crippen molar-refractivity contribution in [3.63, 3.8) is 0 Å². The Labute approximate surface area is 156 Å². The summed E-state index contributed by atoms with van der Waals surface area (Å²) in [6.07, 6.45) is 0. The summed E-state index contributed by atoms with van der Waals surface area (Å²) in [7, 11) is 0. The summed E-state index contributed by atoms with van der Waals surface area (Å²) in [5.41, 5.74) is 1.48. The van der Waals surface area contributed by atoms with E-state index in [1.165, 1.54) is 12.1 Å². The van der Waals surface area contributed by atoms with Gasteiger partial charge < -0.3 is 9.84 Å². The van der Waals surface area contributed by atoms with E-state index in [0.717, 1.165) is 5.56 Å². The largest absolute Gasteiger partial charge is 0.360 e. The first-order chi connectivity index (χ1) is 12.5. The van der Waals surface area contributed by atoms with Crippen LogP contribution in [0.25, 0.3) is 11.3 Å². The molecule has 3 aromatic rings. The maximum Gasteiger partial charge on any atom is 0.257 e. The first-order valence-corrected chi connectivity index (χ1v) is 8.60. The van der Waals surface area contributed by atoms with Crippen LogP contribution in [0.15, 0.2) is 53.1 Å². The average Bonchev–Trinajstić information content (AvgIpc) is 3.01. The minimum atomic E-state index is -0.558. The predicted octanol–water partition coefficient (Wildman–Crippen LogP) is 4.98. The zero-order valence-corrected chi connectivity index (χ0v) is 15.2. The van der Waals surface area contributed by atoms with E-state index in [2.05, 4.69) is 10.5 Å². The molecule has 1 N–H and O–H groups in total. The van der Waals surface area contributed by atoms with Gasteiger partial charge in [0, 0.05) is 6.54 Å². The third-order valence-corrected chi connectivity index (χ3v) is 4.54. The minimum Gasteiger partial charge on any atom is -0.360 e. The number of carbonyl (C=O) groups excluding carboxylic acids is 1. The monoisotopic (exact) mass is 372 g/mol. The molecule has 0 aliphatic carbocycles. The summed E-state index contributed by atoms with van der Waals surface area (Å²) in [4.78, 5) is 12.7. The van der Waals surface area contributed by atoms with Crippen LogP contribution in [-0.4, -0.2) is 17.6 Å². The third kappa shape index (κ3) is 3.63. The van der Waals surface area contributed by atoms with Crippen molar-refractivity contribution in [2.75, 3.05) is 6.54 Å². The van der Waals surface area contributed by atoms with Gasteiger partial charge in [0.25, 0.3) is 5.91 Å². The van der Waals surface area contributed by atoms with Gasteiger partial charge >= 0.3 is 0 Å². The molecule has 1 aromatic heterocycles. The molecule has 0 bridgehead atoms. The number of benzene rings is 2. The molecule has 3 rings (SSSR count). The van der Waals surface area contributed by atoms with Gasteiger partial charge in [-0.1, -0.05) is 60.1 Å². The Balaban J connectivity index is 1.84. The predicted molar refractivity (Wildman–Crippen MR) is 98.8 cm³/mol. The van der Waals surface area contributed by atoms with Crippen molar-refractivity contribution in [3.05, 3.63) is 76.3 Å². The minimum absolute atomic E-state index is 0.0623. The molecule has 0 saturated heterocycles. The number of hydrogen-bond acceptors (Lipinski definition) is 3. The molecule has 6 heteroatoms. The Bertz CT molecular complexity index is 905. The molecule has 0 fully saturated rings. The first-order valence-electron chi connectivity index (χ1n) is 8.22. The van der Waals surface area contributed by atoms with Crippen LogP contribution in [0.5, 0.6) is 0 Å². The van der Waals surface area contributed by atoms with Crippen molar-refractivity contribution in [2.45, 2.75) is 19.8 Å². The molecule has 1 atom stereocenters. The molecule has 26 heavy (non-hydrogen) atoms. The fraction of sp³-hybridized carbons (Fsp3) is 0.200. The van der Waals surface area contributed by atoms with E-state index in [-0.39, 0.29) is 33.7 Å². The number of nitrogens with zero attached hydrogens (tertiary/aromatic N) is 1. The molecule has 0 saturated carbocycles. The van der Waals surface area contributed by atoms with Gasteiger partial charge in [-0.3, -0.25) is 4.79 Å². The van der Waals surface area contributed by atoms with Crippen molar-refractivity contribution < 1.29 is 13.7 Å². The molecule has 0 spiro atoms. The second kappa shape index (κ2) is 7.70. The molecule has 0 aliphatic heterocycles. The van der Waals surface area contributed by atoms with Crippen LogP contribution in [0.4, 0.5) is 4.39 Å². The normalized spacial score (nSPS) is 12.0. The number of amides is 1. The second-order valence-electron chi connectivity index (χ2n) is 6.08. The van der Waals surface area contributed by atoms with E-state index in [0.29, 0.717) is 12.3 Å². The number of carbonyl (C=O) groups is 1. The molecule has 134 valence electrons. The third-order valence-electron chi connectivity index (χ3n) is 4.23. The highest BCUT2D eigenvalue weighted by Gasteiger charge is 2.25. The van der Waals surface area contributed by atoms with E-state index >= 15 is 0 Å². The smallest absolute Gasteiger partial charge is 0.257 e. The van der Waals surface area contributed by atoms with E-state index in [1.54, 1.807) is 13.0 Å². The topological polar surface area (TPSA) is 55.1 Å². The van der Waals surface area contributed by atoms with Gasteiger partial charge in [0.15, 0.2) is 0 Å². The number of nitrogens with one attached hydrogen (secondary N) is 1. The van der Waals surface area contributed by atoms with Gasteiger partial charge in [-0.15, -0.1) is 0 Å². The molecule has 4 nitrogen and oxygen atoms in total. The summed E-state index contributed by atoms with van der Waals surface area (Å²) >= 11 is 6.10. The Hall–Kier alpha value is -2.66. The summed E-state index contributed by atoms with van der Waals surface area (Å²) in [6, 6.07) is 14.2. The molecule has 1 heterocycles. The van der Waals surface area contributed by atoms with Crippen LogP contribution in [0.2, 0.25) is 5.02 Å². The maximum absolute atomic E-state index is 14.2. The highest BCUT2D eigenvalue weighted by molar-refractivity contribution is 6.33. The molecule has 0 unspecified atom stereocenters. The average molecular weight is 373 g/mol. The van der Waals surface area contributed by atoms with Gasteiger partial charge in [-0.25, -0.2) is 4.39 Å². The fourth-order valence-electron chi connectivity index (χ4n) is 2.77. The van der Waals surface area contributed by atoms with Crippen molar-refractivity contribution in [3.8, 4) is 11.3 Å². The van der Waals surface area contributed by atoms with Crippen molar-refractivity contribution in [1.82, 2.24) is 10.5 Å². The summed E-state index contributed by atoms with van der Waals surface area (Å²) in [6.45, 7) is 4.06. The first kappa shape index (κ1) is 18.1. The highest BCUT2D eigenvalue weighted by Crippen LogP contribution is 2.33. The van der Waals surface area contributed by atoms with Crippen molar-refractivity contribution >= 4 is 17.5 Å². The van der Waals surface area contributed by atoms with Crippen LogP contribution < -0.4 is 5.32 Å². The lowest BCUT2D eigenvalue weighted by molar-refractivity contribution is 0.0950.